The van der Waals surface area contributed by atoms with Gasteiger partial charge in [-0.05, 0) is 32.9 Å². The summed E-state index contributed by atoms with van der Waals surface area (Å²) < 4.78 is 11.1. The van der Waals surface area contributed by atoms with E-state index in [1.165, 1.54) is 23.9 Å². The lowest BCUT2D eigenvalue weighted by atomic mass is 10.2. The van der Waals surface area contributed by atoms with E-state index in [1.54, 1.807) is 32.9 Å². The predicted molar refractivity (Wildman–Crippen MR) is 82.4 cm³/mol. The fourth-order valence-corrected chi connectivity index (χ4v) is 1.87. The van der Waals surface area contributed by atoms with Crippen LogP contribution in [0.3, 0.4) is 0 Å². The van der Waals surface area contributed by atoms with E-state index in [2.05, 4.69) is 9.84 Å². The summed E-state index contributed by atoms with van der Waals surface area (Å²) in [5, 5.41) is 4.97. The molecule has 116 valence electrons. The fraction of sp³-hybridized carbons (Fsp3) is 0.312. The Bertz CT molecular complexity index is 738. The van der Waals surface area contributed by atoms with Gasteiger partial charge in [-0.2, -0.15) is 9.78 Å². The van der Waals surface area contributed by atoms with Crippen LogP contribution in [0.5, 0.6) is 0 Å². The molecular weight excluding hydrogens is 284 g/mol. The van der Waals surface area contributed by atoms with E-state index in [4.69, 9.17) is 4.74 Å². The maximum Gasteiger partial charge on any atom is 0.435 e. The molecule has 1 aromatic heterocycles. The number of benzene rings is 1. The lowest BCUT2D eigenvalue weighted by Gasteiger charge is -2.19. The van der Waals surface area contributed by atoms with Crippen molar-refractivity contribution in [3.05, 3.63) is 36.0 Å². The van der Waals surface area contributed by atoms with E-state index in [0.717, 1.165) is 5.39 Å². The van der Waals surface area contributed by atoms with E-state index in [9.17, 15) is 9.59 Å². The van der Waals surface area contributed by atoms with Crippen molar-refractivity contribution in [2.45, 2.75) is 26.4 Å². The van der Waals surface area contributed by atoms with E-state index in [1.807, 2.05) is 12.1 Å². The molecule has 1 aromatic carbocycles. The Labute approximate surface area is 128 Å². The van der Waals surface area contributed by atoms with Crippen LogP contribution in [0.25, 0.3) is 17.0 Å². The molecule has 0 N–H and O–H groups in total. The summed E-state index contributed by atoms with van der Waals surface area (Å²) in [6, 6.07) is 7.22. The highest BCUT2D eigenvalue weighted by Gasteiger charge is 2.21. The molecule has 0 atom stereocenters. The average Bonchev–Trinajstić information content (AvgIpc) is 2.82. The molecule has 2 rings (SSSR count). The van der Waals surface area contributed by atoms with Gasteiger partial charge in [-0.3, -0.25) is 0 Å². The highest BCUT2D eigenvalue weighted by atomic mass is 16.6. The van der Waals surface area contributed by atoms with Crippen molar-refractivity contribution < 1.29 is 19.1 Å². The molecule has 22 heavy (non-hydrogen) atoms. The number of hydrogen-bond donors (Lipinski definition) is 0. The number of methoxy groups -OCH3 is 1. The maximum absolute atomic E-state index is 12.2. The van der Waals surface area contributed by atoms with Crippen LogP contribution < -0.4 is 0 Å². The topological polar surface area (TPSA) is 70.4 Å². The van der Waals surface area contributed by atoms with Crippen LogP contribution in [-0.4, -0.2) is 34.6 Å². The molecule has 0 saturated carbocycles. The van der Waals surface area contributed by atoms with Crippen LogP contribution in [0.4, 0.5) is 4.79 Å². The molecule has 0 fully saturated rings. The lowest BCUT2D eigenvalue weighted by Crippen LogP contribution is -2.27. The number of nitrogens with zero attached hydrogens (tertiary/aromatic N) is 2. The first-order valence-corrected chi connectivity index (χ1v) is 6.79. The van der Waals surface area contributed by atoms with Crippen LogP contribution in [0, 0.1) is 0 Å². The van der Waals surface area contributed by atoms with E-state index in [-0.39, 0.29) is 0 Å². The summed E-state index contributed by atoms with van der Waals surface area (Å²) in [7, 11) is 1.30. The second-order valence-corrected chi connectivity index (χ2v) is 5.65. The number of carbonyl (C=O) groups excluding carboxylic acids is 2. The smallest absolute Gasteiger partial charge is 0.435 e. The van der Waals surface area contributed by atoms with Gasteiger partial charge in [-0.25, -0.2) is 9.59 Å². The fourth-order valence-electron chi connectivity index (χ4n) is 1.87. The monoisotopic (exact) mass is 302 g/mol. The van der Waals surface area contributed by atoms with Gasteiger partial charge >= 0.3 is 12.1 Å². The van der Waals surface area contributed by atoms with Crippen LogP contribution in [0.15, 0.2) is 30.3 Å². The van der Waals surface area contributed by atoms with Crippen molar-refractivity contribution in [1.82, 2.24) is 9.78 Å². The first kappa shape index (κ1) is 15.8. The first-order valence-electron chi connectivity index (χ1n) is 6.79. The van der Waals surface area contributed by atoms with E-state index < -0.39 is 17.7 Å². The second kappa shape index (κ2) is 6.01. The number of carbonyl (C=O) groups is 2. The number of esters is 1. The quantitative estimate of drug-likeness (QED) is 0.630. The zero-order valence-corrected chi connectivity index (χ0v) is 13.0. The number of aromatic nitrogens is 2. The number of ether oxygens (including phenoxy) is 2. The van der Waals surface area contributed by atoms with Crippen molar-refractivity contribution in [2.24, 2.45) is 0 Å². The van der Waals surface area contributed by atoms with Gasteiger partial charge in [0.2, 0.25) is 0 Å². The van der Waals surface area contributed by atoms with Gasteiger partial charge in [0, 0.05) is 11.5 Å². The summed E-state index contributed by atoms with van der Waals surface area (Å²) in [4.78, 5) is 23.5. The minimum Gasteiger partial charge on any atom is -0.466 e. The van der Waals surface area contributed by atoms with E-state index >= 15 is 0 Å². The molecule has 0 amide bonds. The summed E-state index contributed by atoms with van der Waals surface area (Å²) in [5.41, 5.74) is 0.486. The standard InChI is InChI=1S/C16H18N2O4/c1-16(2,3)22-15(20)18-13-8-6-5-7-11(13)12(17-18)9-10-14(19)21-4/h5-10H,1-4H3/b10-9+. The number of rotatable bonds is 2. The molecule has 0 aliphatic carbocycles. The first-order chi connectivity index (χ1) is 10.3. The van der Waals surface area contributed by atoms with Crippen LogP contribution in [0.1, 0.15) is 26.5 Å². The second-order valence-electron chi connectivity index (χ2n) is 5.65. The van der Waals surface area contributed by atoms with Crippen LogP contribution in [-0.2, 0) is 14.3 Å². The zero-order chi connectivity index (χ0) is 16.3. The van der Waals surface area contributed by atoms with Crippen LogP contribution in [0.2, 0.25) is 0 Å². The lowest BCUT2D eigenvalue weighted by molar-refractivity contribution is -0.134. The average molecular weight is 302 g/mol. The highest BCUT2D eigenvalue weighted by Crippen LogP contribution is 2.21. The Morgan fingerprint density at radius 1 is 1.23 bits per heavy atom. The molecule has 0 radical (unpaired) electrons. The Morgan fingerprint density at radius 2 is 1.91 bits per heavy atom. The highest BCUT2D eigenvalue weighted by molar-refractivity contribution is 5.95. The predicted octanol–water partition coefficient (Wildman–Crippen LogP) is 3.01. The molecule has 1 heterocycles. The third-order valence-electron chi connectivity index (χ3n) is 2.76. The minimum absolute atomic E-state index is 0.490. The number of fused-ring (bicyclic) bond motifs is 1. The zero-order valence-electron chi connectivity index (χ0n) is 13.0. The van der Waals surface area contributed by atoms with Gasteiger partial charge in [0.05, 0.1) is 18.3 Å². The van der Waals surface area contributed by atoms with Gasteiger partial charge in [-0.1, -0.05) is 18.2 Å². The van der Waals surface area contributed by atoms with Gasteiger partial charge in [-0.15, -0.1) is 0 Å². The van der Waals surface area contributed by atoms with E-state index in [0.29, 0.717) is 11.2 Å². The number of hydrogen-bond acceptors (Lipinski definition) is 5. The number of para-hydroxylation sites is 1. The molecular formula is C16H18N2O4. The SMILES string of the molecule is COC(=O)/C=C/c1nn(C(=O)OC(C)(C)C)c2ccccc12. The maximum atomic E-state index is 12.2. The Hall–Kier alpha value is -2.63. The summed E-state index contributed by atoms with van der Waals surface area (Å²) in [5.74, 6) is -0.490. The molecule has 2 aromatic rings. The molecule has 0 saturated heterocycles. The van der Waals surface area contributed by atoms with Crippen LogP contribution >= 0.6 is 0 Å². The minimum atomic E-state index is -0.619. The van der Waals surface area contributed by atoms with Crippen molar-refractivity contribution in [2.75, 3.05) is 7.11 Å². The van der Waals surface area contributed by atoms with Crippen molar-refractivity contribution in [3.63, 3.8) is 0 Å². The molecule has 0 aliphatic heterocycles. The van der Waals surface area contributed by atoms with Gasteiger partial charge in [0.15, 0.2) is 0 Å². The van der Waals surface area contributed by atoms with Crippen molar-refractivity contribution >= 4 is 29.0 Å². The molecule has 6 heteroatoms. The molecule has 0 spiro atoms. The Morgan fingerprint density at radius 3 is 2.55 bits per heavy atom. The largest absolute Gasteiger partial charge is 0.466 e. The molecule has 0 bridgehead atoms. The van der Waals surface area contributed by atoms with Crippen molar-refractivity contribution in [1.29, 1.82) is 0 Å². The Kier molecular flexibility index (Phi) is 4.30. The van der Waals surface area contributed by atoms with Gasteiger partial charge in [0.25, 0.3) is 0 Å². The summed E-state index contributed by atoms with van der Waals surface area (Å²) in [6.07, 6.45) is 2.20. The third-order valence-corrected chi connectivity index (χ3v) is 2.76. The van der Waals surface area contributed by atoms with Gasteiger partial charge in [0.1, 0.15) is 5.60 Å². The molecule has 6 nitrogen and oxygen atoms in total. The van der Waals surface area contributed by atoms with Gasteiger partial charge < -0.3 is 9.47 Å². The molecule has 0 aliphatic rings. The third kappa shape index (κ3) is 3.52. The summed E-state index contributed by atoms with van der Waals surface area (Å²) in [6.45, 7) is 5.36. The van der Waals surface area contributed by atoms with Crippen molar-refractivity contribution in [3.8, 4) is 0 Å². The molecule has 0 unspecified atom stereocenters. The normalized spacial score (nSPS) is 11.8. The Balaban J connectivity index is 2.46. The summed E-state index contributed by atoms with van der Waals surface area (Å²) >= 11 is 0.